The van der Waals surface area contributed by atoms with Crippen LogP contribution in [0.2, 0.25) is 0 Å². The van der Waals surface area contributed by atoms with Crippen molar-refractivity contribution in [2.24, 2.45) is 5.92 Å². The van der Waals surface area contributed by atoms with Crippen LogP contribution in [0.4, 0.5) is 21.9 Å². The number of nitrogen functional groups attached to an aromatic ring is 1. The first-order chi connectivity index (χ1) is 18.4. The summed E-state index contributed by atoms with van der Waals surface area (Å²) >= 11 is 0. The number of allylic oxidation sites excluding steroid dienone is 1. The molecule has 0 bridgehead atoms. The van der Waals surface area contributed by atoms with Gasteiger partial charge in [-0.1, -0.05) is 61.0 Å². The van der Waals surface area contributed by atoms with Crippen molar-refractivity contribution < 1.29 is 24.2 Å². The van der Waals surface area contributed by atoms with Crippen LogP contribution in [0.25, 0.3) is 0 Å². The maximum Gasteiger partial charge on any atom is 0.412 e. The highest BCUT2D eigenvalue weighted by atomic mass is 16.6. The Hall–Kier alpha value is -4.30. The van der Waals surface area contributed by atoms with E-state index in [9.17, 15) is 14.7 Å². The van der Waals surface area contributed by atoms with Crippen molar-refractivity contribution in [2.75, 3.05) is 29.6 Å². The predicted octanol–water partition coefficient (Wildman–Crippen LogP) is 5.85. The number of ether oxygens (including phenoxy) is 2. The van der Waals surface area contributed by atoms with Gasteiger partial charge in [-0.2, -0.15) is 0 Å². The third-order valence-corrected chi connectivity index (χ3v) is 5.90. The van der Waals surface area contributed by atoms with Gasteiger partial charge in [0.05, 0.1) is 18.0 Å². The summed E-state index contributed by atoms with van der Waals surface area (Å²) in [6, 6.07) is 21.8. The molecule has 2 amide bonds. The van der Waals surface area contributed by atoms with E-state index in [4.69, 9.17) is 15.2 Å². The second-order valence-corrected chi connectivity index (χ2v) is 8.96. The third-order valence-electron chi connectivity index (χ3n) is 5.90. The van der Waals surface area contributed by atoms with Gasteiger partial charge in [0.2, 0.25) is 5.91 Å². The third kappa shape index (κ3) is 8.67. The number of aliphatic hydroxyl groups excluding tert-OH is 1. The fourth-order valence-corrected chi connectivity index (χ4v) is 3.87. The highest BCUT2D eigenvalue weighted by Gasteiger charge is 2.26. The molecule has 0 heterocycles. The molecule has 3 aromatic carbocycles. The van der Waals surface area contributed by atoms with Crippen LogP contribution in [-0.2, 0) is 9.53 Å². The Kier molecular flexibility index (Phi) is 10.7. The lowest BCUT2D eigenvalue weighted by atomic mass is 9.92. The molecule has 0 saturated carbocycles. The average Bonchev–Trinajstić information content (AvgIpc) is 2.91. The Labute approximate surface area is 223 Å². The van der Waals surface area contributed by atoms with Gasteiger partial charge in [0.15, 0.2) is 0 Å². The average molecular weight is 518 g/mol. The van der Waals surface area contributed by atoms with Crippen LogP contribution in [0, 0.1) is 12.8 Å². The first-order valence-corrected chi connectivity index (χ1v) is 12.6. The van der Waals surface area contributed by atoms with Crippen LogP contribution in [0.1, 0.15) is 37.0 Å². The summed E-state index contributed by atoms with van der Waals surface area (Å²) in [6.07, 6.45) is 3.26. The summed E-state index contributed by atoms with van der Waals surface area (Å²) < 4.78 is 11.6. The summed E-state index contributed by atoms with van der Waals surface area (Å²) in [5.74, 6) is 0.149. The zero-order valence-electron chi connectivity index (χ0n) is 21.7. The maximum atomic E-state index is 12.8. The lowest BCUT2D eigenvalue weighted by Crippen LogP contribution is -2.22. The lowest BCUT2D eigenvalue weighted by Gasteiger charge is -2.26. The number of amides is 2. The number of hydrogen-bond acceptors (Lipinski definition) is 6. The quantitative estimate of drug-likeness (QED) is 0.177. The fourth-order valence-electron chi connectivity index (χ4n) is 3.87. The van der Waals surface area contributed by atoms with Crippen LogP contribution in [-0.4, -0.2) is 30.3 Å². The van der Waals surface area contributed by atoms with Gasteiger partial charge >= 0.3 is 6.09 Å². The lowest BCUT2D eigenvalue weighted by molar-refractivity contribution is -0.111. The van der Waals surface area contributed by atoms with Crippen molar-refractivity contribution in [1.29, 1.82) is 0 Å². The number of rotatable bonds is 12. The minimum atomic E-state index is -0.623. The summed E-state index contributed by atoms with van der Waals surface area (Å²) in [7, 11) is 0. The SMILES string of the molecule is Cc1ccc(NC(=O)O[C@@H](c2ccccc2OCCO)[C@@H](C)CC/C=C/C(=O)Nc2ccccc2N)cc1. The Morgan fingerprint density at radius 2 is 1.71 bits per heavy atom. The van der Waals surface area contributed by atoms with Gasteiger partial charge in [-0.15, -0.1) is 0 Å². The van der Waals surface area contributed by atoms with Crippen molar-refractivity contribution in [1.82, 2.24) is 0 Å². The van der Waals surface area contributed by atoms with Gasteiger partial charge in [0, 0.05) is 11.3 Å². The number of nitrogens with one attached hydrogen (secondary N) is 2. The standard InChI is InChI=1S/C30H35N3O5/c1-21-15-17-23(18-16-21)32-30(36)38-29(24-10-4-7-13-27(24)37-20-19-34)22(2)9-3-8-14-28(35)33-26-12-6-5-11-25(26)31/h4-8,10-18,22,29,34H,3,9,19-20,31H2,1-2H3,(H,32,36)(H,33,35)/b14-8+/t22-,29+/m0/s1. The minimum Gasteiger partial charge on any atom is -0.491 e. The highest BCUT2D eigenvalue weighted by molar-refractivity contribution is 6.01. The number of benzene rings is 3. The highest BCUT2D eigenvalue weighted by Crippen LogP contribution is 2.35. The number of hydrogen-bond donors (Lipinski definition) is 4. The molecular formula is C30H35N3O5. The summed E-state index contributed by atoms with van der Waals surface area (Å²) in [6.45, 7) is 3.94. The molecule has 8 heteroatoms. The monoisotopic (exact) mass is 517 g/mol. The summed E-state index contributed by atoms with van der Waals surface area (Å²) in [5, 5.41) is 14.8. The van der Waals surface area contributed by atoms with E-state index >= 15 is 0 Å². The Morgan fingerprint density at radius 3 is 2.45 bits per heavy atom. The van der Waals surface area contributed by atoms with Crippen molar-refractivity contribution in [2.45, 2.75) is 32.8 Å². The van der Waals surface area contributed by atoms with Crippen LogP contribution in [0.3, 0.4) is 0 Å². The molecule has 0 unspecified atom stereocenters. The van der Waals surface area contributed by atoms with E-state index in [2.05, 4.69) is 10.6 Å². The van der Waals surface area contributed by atoms with Crippen LogP contribution >= 0.6 is 0 Å². The molecular weight excluding hydrogens is 482 g/mol. The van der Waals surface area contributed by atoms with E-state index in [0.29, 0.717) is 41.2 Å². The molecule has 0 saturated heterocycles. The Bertz CT molecular complexity index is 1230. The number of carbonyl (C=O) groups is 2. The molecule has 2 atom stereocenters. The van der Waals surface area contributed by atoms with E-state index in [-0.39, 0.29) is 25.0 Å². The second kappa shape index (κ2) is 14.4. The number of aliphatic hydroxyl groups is 1. The molecule has 38 heavy (non-hydrogen) atoms. The Balaban J connectivity index is 1.68. The van der Waals surface area contributed by atoms with Gasteiger partial charge in [-0.05, 0) is 62.1 Å². The Morgan fingerprint density at radius 1 is 1.00 bits per heavy atom. The topological polar surface area (TPSA) is 123 Å². The van der Waals surface area contributed by atoms with E-state index < -0.39 is 12.2 Å². The van der Waals surface area contributed by atoms with Crippen LogP contribution in [0.15, 0.2) is 84.9 Å². The number of anilines is 3. The van der Waals surface area contributed by atoms with Crippen LogP contribution in [0.5, 0.6) is 5.75 Å². The van der Waals surface area contributed by atoms with Gasteiger partial charge in [-0.3, -0.25) is 10.1 Å². The summed E-state index contributed by atoms with van der Waals surface area (Å²) in [4.78, 5) is 25.1. The molecule has 3 aromatic rings. The number of carbonyl (C=O) groups excluding carboxylic acids is 2. The first-order valence-electron chi connectivity index (χ1n) is 12.6. The smallest absolute Gasteiger partial charge is 0.412 e. The molecule has 0 spiro atoms. The van der Waals surface area contributed by atoms with E-state index in [1.165, 1.54) is 6.08 Å². The molecule has 3 rings (SSSR count). The number of aryl methyl sites for hydroxylation is 1. The van der Waals surface area contributed by atoms with Crippen molar-refractivity contribution in [3.05, 3.63) is 96.1 Å². The predicted molar refractivity (Wildman–Crippen MR) is 150 cm³/mol. The van der Waals surface area contributed by atoms with E-state index in [1.54, 1.807) is 36.4 Å². The molecule has 0 aromatic heterocycles. The zero-order chi connectivity index (χ0) is 27.3. The largest absolute Gasteiger partial charge is 0.491 e. The van der Waals surface area contributed by atoms with Crippen molar-refractivity contribution in [3.63, 3.8) is 0 Å². The normalized spacial score (nSPS) is 12.5. The minimum absolute atomic E-state index is 0.116. The number of nitrogens with two attached hydrogens (primary N) is 1. The second-order valence-electron chi connectivity index (χ2n) is 8.96. The molecule has 8 nitrogen and oxygen atoms in total. The summed E-state index contributed by atoms with van der Waals surface area (Å²) in [5.41, 5.74) is 9.35. The zero-order valence-corrected chi connectivity index (χ0v) is 21.7. The van der Waals surface area contributed by atoms with Crippen LogP contribution < -0.4 is 21.1 Å². The van der Waals surface area contributed by atoms with E-state index in [1.807, 2.05) is 56.3 Å². The molecule has 0 aliphatic rings. The molecule has 0 radical (unpaired) electrons. The van der Waals surface area contributed by atoms with Gasteiger partial charge in [-0.25, -0.2) is 4.79 Å². The molecule has 0 fully saturated rings. The molecule has 0 aliphatic heterocycles. The van der Waals surface area contributed by atoms with Gasteiger partial charge < -0.3 is 25.6 Å². The molecule has 0 aliphatic carbocycles. The first kappa shape index (κ1) is 28.3. The molecule has 200 valence electrons. The number of para-hydroxylation sites is 3. The van der Waals surface area contributed by atoms with Crippen molar-refractivity contribution in [3.8, 4) is 5.75 Å². The molecule has 5 N–H and O–H groups in total. The fraction of sp³-hybridized carbons (Fsp3) is 0.267. The maximum absolute atomic E-state index is 12.8. The van der Waals surface area contributed by atoms with E-state index in [0.717, 1.165) is 5.56 Å². The van der Waals surface area contributed by atoms with Crippen molar-refractivity contribution >= 4 is 29.1 Å². The van der Waals surface area contributed by atoms with Gasteiger partial charge in [0.25, 0.3) is 0 Å². The van der Waals surface area contributed by atoms with Gasteiger partial charge in [0.1, 0.15) is 18.5 Å².